The highest BCUT2D eigenvalue weighted by atomic mass is 79.9. The minimum Gasteiger partial charge on any atom is -0.365 e. The van der Waals surface area contributed by atoms with E-state index >= 15 is 0 Å². The van der Waals surface area contributed by atoms with Gasteiger partial charge in [0.1, 0.15) is 21.9 Å². The molecule has 0 aliphatic heterocycles. The minimum atomic E-state index is -4.71. The Kier molecular flexibility index (Phi) is 5.97. The Hall–Kier alpha value is -3.25. The molecule has 0 saturated carbocycles. The Bertz CT molecular complexity index is 1360. The van der Waals surface area contributed by atoms with Crippen molar-refractivity contribution in [3.63, 3.8) is 0 Å². The van der Waals surface area contributed by atoms with Gasteiger partial charge in [0.25, 0.3) is 5.91 Å². The van der Waals surface area contributed by atoms with Gasteiger partial charge in [-0.2, -0.15) is 18.3 Å². The number of primary amides is 1. The molecule has 3 aromatic heterocycles. The van der Waals surface area contributed by atoms with Crippen LogP contribution in [0.3, 0.4) is 0 Å². The highest BCUT2D eigenvalue weighted by Crippen LogP contribution is 2.43. The summed E-state index contributed by atoms with van der Waals surface area (Å²) in [5.41, 5.74) is 5.72. The number of pyridine rings is 1. The number of fused-ring (bicyclic) bond motifs is 1. The van der Waals surface area contributed by atoms with E-state index < -0.39 is 23.7 Å². The molecule has 1 aromatic carbocycles. The van der Waals surface area contributed by atoms with E-state index in [0.29, 0.717) is 27.1 Å². The van der Waals surface area contributed by atoms with E-state index in [2.05, 4.69) is 31.3 Å². The van der Waals surface area contributed by atoms with Gasteiger partial charge < -0.3 is 11.1 Å². The van der Waals surface area contributed by atoms with Gasteiger partial charge in [0.15, 0.2) is 0 Å². The molecule has 0 unspecified atom stereocenters. The first-order chi connectivity index (χ1) is 15.5. The van der Waals surface area contributed by atoms with Crippen LogP contribution in [0.2, 0.25) is 0 Å². The molecule has 0 bridgehead atoms. The van der Waals surface area contributed by atoms with Crippen LogP contribution in [0.4, 0.5) is 18.9 Å². The number of thiophene rings is 1. The lowest BCUT2D eigenvalue weighted by Gasteiger charge is -2.12. The SMILES string of the molecule is Cc1nn(CC(=O)Nc2c(C(N)=O)sc3nc(C(F)(F)F)cc(-c4ccccc4)c23)cc1Br. The molecule has 0 fully saturated rings. The third kappa shape index (κ3) is 4.62. The standard InChI is InChI=1S/C21H15BrF3N5O2S/c1-10-13(22)8-30(29-10)9-15(31)28-17-16-12(11-5-3-2-4-6-11)7-14(21(23,24)25)27-20(16)33-18(17)19(26)32/h2-8H,9H2,1H3,(H2,26,32)(H,28,31). The van der Waals surface area contributed by atoms with Crippen molar-refractivity contribution < 1.29 is 22.8 Å². The molecule has 0 radical (unpaired) electrons. The van der Waals surface area contributed by atoms with Gasteiger partial charge in [0.2, 0.25) is 5.91 Å². The number of benzene rings is 1. The average molecular weight is 538 g/mol. The van der Waals surface area contributed by atoms with Crippen LogP contribution in [0.5, 0.6) is 0 Å². The maximum absolute atomic E-state index is 13.5. The summed E-state index contributed by atoms with van der Waals surface area (Å²) in [4.78, 5) is 28.4. The van der Waals surface area contributed by atoms with Crippen molar-refractivity contribution in [2.45, 2.75) is 19.6 Å². The fraction of sp³-hybridized carbons (Fsp3) is 0.143. The molecule has 2 amide bonds. The number of alkyl halides is 3. The molecule has 12 heteroatoms. The third-order valence-electron chi connectivity index (χ3n) is 4.72. The lowest BCUT2D eigenvalue weighted by atomic mass is 10.0. The number of carbonyl (C=O) groups is 2. The zero-order valence-electron chi connectivity index (χ0n) is 16.9. The maximum atomic E-state index is 13.5. The molecule has 0 saturated heterocycles. The van der Waals surface area contributed by atoms with E-state index in [-0.39, 0.29) is 32.9 Å². The Balaban J connectivity index is 1.88. The number of hydrogen-bond acceptors (Lipinski definition) is 5. The molecule has 0 aliphatic carbocycles. The second-order valence-electron chi connectivity index (χ2n) is 7.08. The Morgan fingerprint density at radius 1 is 1.24 bits per heavy atom. The van der Waals surface area contributed by atoms with Gasteiger partial charge in [0, 0.05) is 11.6 Å². The fourth-order valence-electron chi connectivity index (χ4n) is 3.28. The molecule has 3 N–H and O–H groups in total. The van der Waals surface area contributed by atoms with Crippen molar-refractivity contribution in [3.8, 4) is 11.1 Å². The molecule has 0 aliphatic rings. The van der Waals surface area contributed by atoms with Gasteiger partial charge in [-0.25, -0.2) is 4.98 Å². The number of aryl methyl sites for hydroxylation is 1. The molecule has 0 atom stereocenters. The average Bonchev–Trinajstić information content (AvgIpc) is 3.26. The lowest BCUT2D eigenvalue weighted by molar-refractivity contribution is -0.140. The second kappa shape index (κ2) is 8.60. The van der Waals surface area contributed by atoms with Crippen molar-refractivity contribution in [2.24, 2.45) is 5.73 Å². The summed E-state index contributed by atoms with van der Waals surface area (Å²) < 4.78 is 42.7. The second-order valence-corrected chi connectivity index (χ2v) is 8.93. The quantitative estimate of drug-likeness (QED) is 0.374. The molecular formula is C21H15BrF3N5O2S. The smallest absolute Gasteiger partial charge is 0.365 e. The number of halogens is 4. The topological polar surface area (TPSA) is 103 Å². The molecule has 7 nitrogen and oxygen atoms in total. The van der Waals surface area contributed by atoms with Crippen LogP contribution in [0, 0.1) is 6.92 Å². The highest BCUT2D eigenvalue weighted by molar-refractivity contribution is 9.10. The molecular weight excluding hydrogens is 523 g/mol. The highest BCUT2D eigenvalue weighted by Gasteiger charge is 2.35. The van der Waals surface area contributed by atoms with E-state index in [9.17, 15) is 22.8 Å². The monoisotopic (exact) mass is 537 g/mol. The number of nitrogens with one attached hydrogen (secondary N) is 1. The summed E-state index contributed by atoms with van der Waals surface area (Å²) in [6.45, 7) is 1.57. The summed E-state index contributed by atoms with van der Waals surface area (Å²) in [6.07, 6.45) is -3.09. The van der Waals surface area contributed by atoms with Crippen LogP contribution < -0.4 is 11.1 Å². The first-order valence-corrected chi connectivity index (χ1v) is 11.0. The van der Waals surface area contributed by atoms with E-state index in [4.69, 9.17) is 5.73 Å². The van der Waals surface area contributed by atoms with Crippen molar-refractivity contribution in [1.82, 2.24) is 14.8 Å². The van der Waals surface area contributed by atoms with Crippen molar-refractivity contribution >= 4 is 55.0 Å². The molecule has 33 heavy (non-hydrogen) atoms. The summed E-state index contributed by atoms with van der Waals surface area (Å²) in [5.74, 6) is -1.43. The number of carbonyl (C=O) groups excluding carboxylic acids is 2. The van der Waals surface area contributed by atoms with Gasteiger partial charge >= 0.3 is 6.18 Å². The number of hydrogen-bond donors (Lipinski definition) is 2. The van der Waals surface area contributed by atoms with Crippen LogP contribution in [0.25, 0.3) is 21.3 Å². The van der Waals surface area contributed by atoms with Gasteiger partial charge in [0.05, 0.1) is 15.9 Å². The number of nitrogens with zero attached hydrogens (tertiary/aromatic N) is 3. The molecule has 170 valence electrons. The molecule has 3 heterocycles. The number of amides is 2. The van der Waals surface area contributed by atoms with Crippen LogP contribution in [0.1, 0.15) is 21.1 Å². The normalized spacial score (nSPS) is 11.7. The molecule has 4 rings (SSSR count). The van der Waals surface area contributed by atoms with Crippen LogP contribution >= 0.6 is 27.3 Å². The Morgan fingerprint density at radius 2 is 1.94 bits per heavy atom. The summed E-state index contributed by atoms with van der Waals surface area (Å²) in [5, 5.41) is 7.03. The predicted octanol–water partition coefficient (Wildman–Crippen LogP) is 4.99. The number of aromatic nitrogens is 3. The van der Waals surface area contributed by atoms with Crippen LogP contribution in [0.15, 0.2) is 47.1 Å². The zero-order valence-corrected chi connectivity index (χ0v) is 19.3. The summed E-state index contributed by atoms with van der Waals surface area (Å²) >= 11 is 4.01. The van der Waals surface area contributed by atoms with E-state index in [1.54, 1.807) is 43.5 Å². The zero-order chi connectivity index (χ0) is 23.9. The first-order valence-electron chi connectivity index (χ1n) is 9.44. The molecule has 0 spiro atoms. The fourth-order valence-corrected chi connectivity index (χ4v) is 4.61. The van der Waals surface area contributed by atoms with E-state index in [1.165, 1.54) is 4.68 Å². The van der Waals surface area contributed by atoms with Crippen molar-refractivity contribution in [2.75, 3.05) is 5.32 Å². The van der Waals surface area contributed by atoms with Gasteiger partial charge in [-0.05, 0) is 40.0 Å². The maximum Gasteiger partial charge on any atom is 0.433 e. The van der Waals surface area contributed by atoms with Gasteiger partial charge in [-0.15, -0.1) is 11.3 Å². The predicted molar refractivity (Wildman–Crippen MR) is 122 cm³/mol. The van der Waals surface area contributed by atoms with E-state index in [1.807, 2.05) is 0 Å². The Morgan fingerprint density at radius 3 is 2.52 bits per heavy atom. The van der Waals surface area contributed by atoms with Crippen LogP contribution in [-0.4, -0.2) is 26.6 Å². The summed E-state index contributed by atoms with van der Waals surface area (Å²) in [7, 11) is 0. The van der Waals surface area contributed by atoms with E-state index in [0.717, 1.165) is 6.07 Å². The number of rotatable bonds is 5. The van der Waals surface area contributed by atoms with Crippen molar-refractivity contribution in [1.29, 1.82) is 0 Å². The lowest BCUT2D eigenvalue weighted by Crippen LogP contribution is -2.21. The Labute approximate surface area is 197 Å². The summed E-state index contributed by atoms with van der Waals surface area (Å²) in [6, 6.07) is 9.23. The van der Waals surface area contributed by atoms with Gasteiger partial charge in [-0.3, -0.25) is 14.3 Å². The first kappa shape index (κ1) is 22.9. The van der Waals surface area contributed by atoms with Crippen LogP contribution in [-0.2, 0) is 17.5 Å². The largest absolute Gasteiger partial charge is 0.433 e. The van der Waals surface area contributed by atoms with Gasteiger partial charge in [-0.1, -0.05) is 30.3 Å². The number of anilines is 1. The minimum absolute atomic E-state index is 0.0236. The molecule has 4 aromatic rings. The number of nitrogens with two attached hydrogens (primary N) is 1. The van der Waals surface area contributed by atoms with Crippen molar-refractivity contribution in [3.05, 3.63) is 63.3 Å². The third-order valence-corrected chi connectivity index (χ3v) is 6.59.